The first kappa shape index (κ1) is 29.6. The molecule has 0 heterocycles. The van der Waals surface area contributed by atoms with Crippen molar-refractivity contribution in [2.45, 2.75) is 64.5 Å². The Kier molecular flexibility index (Phi) is 11.3. The molecule has 0 radical (unpaired) electrons. The van der Waals surface area contributed by atoms with E-state index >= 15 is 0 Å². The zero-order valence-electron chi connectivity index (χ0n) is 23.2. The fraction of sp³-hybridized carbons (Fsp3) is 0.364. The lowest BCUT2D eigenvalue weighted by molar-refractivity contribution is 0.0793. The number of nitriles is 1. The number of benzene rings is 3. The van der Waals surface area contributed by atoms with Crippen molar-refractivity contribution in [3.05, 3.63) is 95.1 Å². The van der Waals surface area contributed by atoms with Crippen LogP contribution in [0.3, 0.4) is 0 Å². The molecule has 0 aromatic heterocycles. The van der Waals surface area contributed by atoms with Gasteiger partial charge >= 0.3 is 0 Å². The number of unbranched alkanes of at least 4 members (excludes halogenated alkanes) is 2. The number of nitrogens with zero attached hydrogens (tertiary/aromatic N) is 2. The summed E-state index contributed by atoms with van der Waals surface area (Å²) in [6.45, 7) is 4.75. The Bertz CT molecular complexity index is 1280. The van der Waals surface area contributed by atoms with Crippen molar-refractivity contribution < 1.29 is 14.7 Å². The van der Waals surface area contributed by atoms with Gasteiger partial charge in [0.05, 0.1) is 23.8 Å². The number of aliphatic hydroxyl groups excluding tert-OH is 1. The van der Waals surface area contributed by atoms with Gasteiger partial charge in [0.2, 0.25) is 0 Å². The fourth-order valence-electron chi connectivity index (χ4n) is 4.60. The Morgan fingerprint density at radius 3 is 2.31 bits per heavy atom. The van der Waals surface area contributed by atoms with Crippen LogP contribution >= 0.6 is 0 Å². The Labute approximate surface area is 232 Å². The van der Waals surface area contributed by atoms with E-state index in [1.165, 1.54) is 0 Å². The maximum absolute atomic E-state index is 13.7. The SMILES string of the molecule is CCCC[C@@H](O)[C@H](Cc1ccccc1)NC(=O)c1cc(C(=O)N(C)CCCC)cc(-c2ccccc2C#N)c1. The second-order valence-corrected chi connectivity index (χ2v) is 10.0. The average molecular weight is 526 g/mol. The van der Waals surface area contributed by atoms with Gasteiger partial charge in [0.25, 0.3) is 11.8 Å². The predicted octanol–water partition coefficient (Wildman–Crippen LogP) is 5.99. The molecule has 39 heavy (non-hydrogen) atoms. The molecule has 3 rings (SSSR count). The minimum absolute atomic E-state index is 0.183. The van der Waals surface area contributed by atoms with Crippen molar-refractivity contribution in [2.75, 3.05) is 13.6 Å². The highest BCUT2D eigenvalue weighted by atomic mass is 16.3. The van der Waals surface area contributed by atoms with Crippen LogP contribution in [0.15, 0.2) is 72.8 Å². The summed E-state index contributed by atoms with van der Waals surface area (Å²) >= 11 is 0. The Balaban J connectivity index is 2.00. The molecule has 6 heteroatoms. The number of amides is 2. The summed E-state index contributed by atoms with van der Waals surface area (Å²) in [5.41, 5.74) is 3.46. The Hall–Kier alpha value is -3.95. The predicted molar refractivity (Wildman–Crippen MR) is 155 cm³/mol. The summed E-state index contributed by atoms with van der Waals surface area (Å²) in [7, 11) is 1.76. The van der Waals surface area contributed by atoms with Crippen LogP contribution < -0.4 is 5.32 Å². The molecule has 0 fully saturated rings. The van der Waals surface area contributed by atoms with E-state index in [0.717, 1.165) is 31.2 Å². The zero-order chi connectivity index (χ0) is 28.2. The largest absolute Gasteiger partial charge is 0.391 e. The lowest BCUT2D eigenvalue weighted by atomic mass is 9.94. The van der Waals surface area contributed by atoms with Crippen LogP contribution in [0.4, 0.5) is 0 Å². The highest BCUT2D eigenvalue weighted by molar-refractivity contribution is 6.01. The molecule has 3 aromatic carbocycles. The van der Waals surface area contributed by atoms with Crippen molar-refractivity contribution in [1.82, 2.24) is 10.2 Å². The van der Waals surface area contributed by atoms with Gasteiger partial charge < -0.3 is 15.3 Å². The summed E-state index contributed by atoms with van der Waals surface area (Å²) in [5.74, 6) is -0.550. The molecule has 0 unspecified atom stereocenters. The zero-order valence-corrected chi connectivity index (χ0v) is 23.2. The smallest absolute Gasteiger partial charge is 0.253 e. The molecule has 0 aliphatic rings. The van der Waals surface area contributed by atoms with Gasteiger partial charge in [0.1, 0.15) is 0 Å². The fourth-order valence-corrected chi connectivity index (χ4v) is 4.60. The number of hydrogen-bond donors (Lipinski definition) is 2. The maximum atomic E-state index is 13.7. The number of hydrogen-bond acceptors (Lipinski definition) is 4. The van der Waals surface area contributed by atoms with Crippen LogP contribution in [0.25, 0.3) is 11.1 Å². The minimum Gasteiger partial charge on any atom is -0.391 e. The van der Waals surface area contributed by atoms with Crippen molar-refractivity contribution in [2.24, 2.45) is 0 Å². The van der Waals surface area contributed by atoms with Gasteiger partial charge in [-0.25, -0.2) is 0 Å². The second-order valence-electron chi connectivity index (χ2n) is 10.0. The van der Waals surface area contributed by atoms with E-state index in [4.69, 9.17) is 0 Å². The lowest BCUT2D eigenvalue weighted by Crippen LogP contribution is -2.45. The van der Waals surface area contributed by atoms with Gasteiger partial charge in [-0.3, -0.25) is 9.59 Å². The van der Waals surface area contributed by atoms with Crippen LogP contribution in [0.5, 0.6) is 0 Å². The molecular formula is C33H39N3O3. The standard InChI is InChI=1S/C33H39N3O3/c1-4-6-17-31(37)30(19-24-13-9-8-10-14-24)35-32(38)27-20-26(29-16-12-11-15-25(29)23-34)21-28(22-27)33(39)36(3)18-7-5-2/h8-16,20-22,30-31,37H,4-7,17-19H2,1-3H3,(H,35,38)/t30-,31+/m0/s1. The third-order valence-electron chi connectivity index (χ3n) is 6.93. The summed E-state index contributed by atoms with van der Waals surface area (Å²) in [5, 5.41) is 23.7. The Morgan fingerprint density at radius 1 is 0.949 bits per heavy atom. The van der Waals surface area contributed by atoms with Crippen LogP contribution in [-0.2, 0) is 6.42 Å². The normalized spacial score (nSPS) is 12.3. The van der Waals surface area contributed by atoms with E-state index in [9.17, 15) is 20.0 Å². The molecule has 6 nitrogen and oxygen atoms in total. The molecule has 0 saturated carbocycles. The van der Waals surface area contributed by atoms with E-state index < -0.39 is 12.1 Å². The maximum Gasteiger partial charge on any atom is 0.253 e. The van der Waals surface area contributed by atoms with Crippen LogP contribution in [0.1, 0.15) is 77.8 Å². The number of carbonyl (C=O) groups excluding carboxylic acids is 2. The van der Waals surface area contributed by atoms with Gasteiger partial charge in [-0.15, -0.1) is 0 Å². The Morgan fingerprint density at radius 2 is 1.62 bits per heavy atom. The molecule has 0 bridgehead atoms. The number of carbonyl (C=O) groups is 2. The van der Waals surface area contributed by atoms with Gasteiger partial charge in [-0.1, -0.05) is 81.6 Å². The van der Waals surface area contributed by atoms with E-state index in [1.807, 2.05) is 42.5 Å². The first-order valence-electron chi connectivity index (χ1n) is 13.8. The number of rotatable bonds is 13. The number of aliphatic hydroxyl groups is 1. The van der Waals surface area contributed by atoms with Gasteiger partial charge in [-0.05, 0) is 60.2 Å². The van der Waals surface area contributed by atoms with Gasteiger partial charge in [0.15, 0.2) is 0 Å². The summed E-state index contributed by atoms with van der Waals surface area (Å²) in [4.78, 5) is 28.7. The first-order valence-corrected chi connectivity index (χ1v) is 13.8. The quantitative estimate of drug-likeness (QED) is 0.287. The molecule has 2 atom stereocenters. The van der Waals surface area contributed by atoms with Crippen molar-refractivity contribution >= 4 is 11.8 Å². The van der Waals surface area contributed by atoms with E-state index in [0.29, 0.717) is 47.2 Å². The highest BCUT2D eigenvalue weighted by Crippen LogP contribution is 2.27. The summed E-state index contributed by atoms with van der Waals surface area (Å²) < 4.78 is 0. The monoisotopic (exact) mass is 525 g/mol. The third-order valence-corrected chi connectivity index (χ3v) is 6.93. The molecule has 0 spiro atoms. The van der Waals surface area contributed by atoms with Crippen molar-refractivity contribution in [3.8, 4) is 17.2 Å². The second kappa shape index (κ2) is 14.8. The van der Waals surface area contributed by atoms with Gasteiger partial charge in [-0.2, -0.15) is 5.26 Å². The van der Waals surface area contributed by atoms with Crippen molar-refractivity contribution in [1.29, 1.82) is 5.26 Å². The molecule has 2 N–H and O–H groups in total. The number of nitrogens with one attached hydrogen (secondary N) is 1. The molecular weight excluding hydrogens is 486 g/mol. The minimum atomic E-state index is -0.710. The van der Waals surface area contributed by atoms with Crippen LogP contribution in [-0.4, -0.2) is 47.6 Å². The summed E-state index contributed by atoms with van der Waals surface area (Å²) in [6, 6.07) is 23.7. The van der Waals surface area contributed by atoms with Crippen molar-refractivity contribution in [3.63, 3.8) is 0 Å². The molecule has 0 aliphatic carbocycles. The van der Waals surface area contributed by atoms with E-state index in [2.05, 4.69) is 25.2 Å². The first-order chi connectivity index (χ1) is 18.9. The molecule has 204 valence electrons. The highest BCUT2D eigenvalue weighted by Gasteiger charge is 2.24. The van der Waals surface area contributed by atoms with Crippen LogP contribution in [0, 0.1) is 11.3 Å². The van der Waals surface area contributed by atoms with E-state index in [1.54, 1.807) is 42.3 Å². The molecule has 0 aliphatic heterocycles. The average Bonchev–Trinajstić information content (AvgIpc) is 2.97. The molecule has 2 amide bonds. The summed E-state index contributed by atoms with van der Waals surface area (Å²) in [6.07, 6.45) is 3.99. The third kappa shape index (κ3) is 8.27. The van der Waals surface area contributed by atoms with E-state index in [-0.39, 0.29) is 11.8 Å². The topological polar surface area (TPSA) is 93.4 Å². The lowest BCUT2D eigenvalue weighted by Gasteiger charge is -2.25. The van der Waals surface area contributed by atoms with Gasteiger partial charge in [0, 0.05) is 24.7 Å². The molecule has 3 aromatic rings. The van der Waals surface area contributed by atoms with Crippen LogP contribution in [0.2, 0.25) is 0 Å². The molecule has 0 saturated heterocycles.